The predicted octanol–water partition coefficient (Wildman–Crippen LogP) is 2.85. The van der Waals surface area contributed by atoms with Crippen LogP contribution in [0.1, 0.15) is 31.2 Å². The Morgan fingerprint density at radius 2 is 1.93 bits per heavy atom. The highest BCUT2D eigenvalue weighted by molar-refractivity contribution is 14.0. The summed E-state index contributed by atoms with van der Waals surface area (Å²) in [5, 5.41) is 3.63. The Hall–Kier alpha value is -0.930. The van der Waals surface area contributed by atoms with Gasteiger partial charge in [-0.2, -0.15) is 0 Å². The third-order valence-electron chi connectivity index (χ3n) is 6.59. The van der Waals surface area contributed by atoms with E-state index in [1.165, 1.54) is 18.4 Å². The largest absolute Gasteiger partial charge is 0.379 e. The third kappa shape index (κ3) is 4.62. The summed E-state index contributed by atoms with van der Waals surface area (Å²) in [5.41, 5.74) is 1.36. The summed E-state index contributed by atoms with van der Waals surface area (Å²) in [6.07, 6.45) is 4.72. The van der Waals surface area contributed by atoms with Gasteiger partial charge in [0.05, 0.1) is 13.2 Å². The van der Waals surface area contributed by atoms with Gasteiger partial charge < -0.3 is 15.0 Å². The Morgan fingerprint density at radius 3 is 2.54 bits per heavy atom. The SMILES string of the molecule is CN=C(NCC1(c2ccc(F)cc2)CCC1)N1CCC(N2CCOCC2)C1.I. The van der Waals surface area contributed by atoms with Gasteiger partial charge in [0.25, 0.3) is 0 Å². The van der Waals surface area contributed by atoms with E-state index in [9.17, 15) is 4.39 Å². The van der Waals surface area contributed by atoms with Crippen molar-refractivity contribution < 1.29 is 9.13 Å². The van der Waals surface area contributed by atoms with Gasteiger partial charge in [-0.15, -0.1) is 24.0 Å². The maximum Gasteiger partial charge on any atom is 0.193 e. The number of aliphatic imine (C=N–C) groups is 1. The molecule has 2 heterocycles. The van der Waals surface area contributed by atoms with Crippen LogP contribution in [0.5, 0.6) is 0 Å². The number of guanidine groups is 1. The predicted molar refractivity (Wildman–Crippen MR) is 121 cm³/mol. The first-order valence-electron chi connectivity index (χ1n) is 10.2. The first-order valence-corrected chi connectivity index (χ1v) is 10.2. The second-order valence-corrected chi connectivity index (χ2v) is 8.08. The summed E-state index contributed by atoms with van der Waals surface area (Å²) in [5.74, 6) is 0.836. The fourth-order valence-corrected chi connectivity index (χ4v) is 4.73. The Morgan fingerprint density at radius 1 is 1.21 bits per heavy atom. The number of halogens is 2. The van der Waals surface area contributed by atoms with Crippen molar-refractivity contribution in [2.75, 3.05) is 53.0 Å². The van der Waals surface area contributed by atoms with E-state index in [1.54, 1.807) is 12.1 Å². The van der Waals surface area contributed by atoms with E-state index in [2.05, 4.69) is 20.1 Å². The van der Waals surface area contributed by atoms with Crippen LogP contribution in [0, 0.1) is 5.82 Å². The van der Waals surface area contributed by atoms with Gasteiger partial charge in [0.2, 0.25) is 0 Å². The minimum absolute atomic E-state index is 0. The number of likely N-dealkylation sites (tertiary alicyclic amines) is 1. The van der Waals surface area contributed by atoms with E-state index >= 15 is 0 Å². The first-order chi connectivity index (χ1) is 13.2. The number of benzene rings is 1. The number of ether oxygens (including phenoxy) is 1. The second kappa shape index (κ2) is 9.71. The van der Waals surface area contributed by atoms with Crippen LogP contribution in [0.15, 0.2) is 29.3 Å². The van der Waals surface area contributed by atoms with Crippen molar-refractivity contribution in [3.63, 3.8) is 0 Å². The van der Waals surface area contributed by atoms with Gasteiger partial charge in [0.15, 0.2) is 5.96 Å². The van der Waals surface area contributed by atoms with Crippen LogP contribution in [-0.4, -0.2) is 74.8 Å². The van der Waals surface area contributed by atoms with E-state index in [-0.39, 0.29) is 35.2 Å². The highest BCUT2D eigenvalue weighted by atomic mass is 127. The molecule has 1 aromatic rings. The number of nitrogens with zero attached hydrogens (tertiary/aromatic N) is 3. The molecule has 5 nitrogen and oxygen atoms in total. The first kappa shape index (κ1) is 21.8. The molecule has 2 saturated heterocycles. The Kier molecular flexibility index (Phi) is 7.55. The molecule has 1 aliphatic carbocycles. The van der Waals surface area contributed by atoms with Crippen LogP contribution >= 0.6 is 24.0 Å². The van der Waals surface area contributed by atoms with Crippen molar-refractivity contribution in [2.24, 2.45) is 4.99 Å². The summed E-state index contributed by atoms with van der Waals surface area (Å²) in [6.45, 7) is 6.72. The van der Waals surface area contributed by atoms with Crippen LogP contribution in [0.4, 0.5) is 4.39 Å². The van der Waals surface area contributed by atoms with E-state index in [1.807, 2.05) is 19.2 Å². The van der Waals surface area contributed by atoms with Gasteiger partial charge in [0, 0.05) is 51.2 Å². The minimum atomic E-state index is -0.164. The highest BCUT2D eigenvalue weighted by Crippen LogP contribution is 2.43. The normalized spacial score (nSPS) is 25.1. The average Bonchev–Trinajstić information content (AvgIpc) is 3.16. The van der Waals surface area contributed by atoms with E-state index < -0.39 is 0 Å². The molecular formula is C21H32FIN4O. The summed E-state index contributed by atoms with van der Waals surface area (Å²) >= 11 is 0. The molecule has 1 N–H and O–H groups in total. The van der Waals surface area contributed by atoms with Crippen molar-refractivity contribution in [1.29, 1.82) is 0 Å². The number of nitrogens with one attached hydrogen (secondary N) is 1. The Balaban J connectivity index is 0.00000225. The van der Waals surface area contributed by atoms with Crippen molar-refractivity contribution in [1.82, 2.24) is 15.1 Å². The summed E-state index contributed by atoms with van der Waals surface area (Å²) in [6, 6.07) is 7.66. The van der Waals surface area contributed by atoms with Crippen LogP contribution in [0.2, 0.25) is 0 Å². The van der Waals surface area contributed by atoms with Gasteiger partial charge in [0.1, 0.15) is 5.82 Å². The van der Waals surface area contributed by atoms with Crippen molar-refractivity contribution in [2.45, 2.75) is 37.1 Å². The number of morpholine rings is 1. The zero-order chi connectivity index (χ0) is 18.7. The summed E-state index contributed by atoms with van der Waals surface area (Å²) in [4.78, 5) is 9.49. The molecule has 1 saturated carbocycles. The Bertz CT molecular complexity index is 659. The molecule has 0 amide bonds. The van der Waals surface area contributed by atoms with Crippen LogP contribution in [0.25, 0.3) is 0 Å². The van der Waals surface area contributed by atoms with Gasteiger partial charge >= 0.3 is 0 Å². The average molecular weight is 502 g/mol. The van der Waals surface area contributed by atoms with E-state index in [0.717, 1.165) is 64.7 Å². The maximum absolute atomic E-state index is 13.3. The Labute approximate surface area is 184 Å². The molecular weight excluding hydrogens is 470 g/mol. The molecule has 1 aromatic carbocycles. The zero-order valence-corrected chi connectivity index (χ0v) is 19.0. The lowest BCUT2D eigenvalue weighted by atomic mass is 9.64. The molecule has 0 aromatic heterocycles. The number of hydrogen-bond donors (Lipinski definition) is 1. The zero-order valence-electron chi connectivity index (χ0n) is 16.7. The second-order valence-electron chi connectivity index (χ2n) is 8.08. The van der Waals surface area contributed by atoms with Gasteiger partial charge in [-0.25, -0.2) is 4.39 Å². The third-order valence-corrected chi connectivity index (χ3v) is 6.59. The minimum Gasteiger partial charge on any atom is -0.379 e. The summed E-state index contributed by atoms with van der Waals surface area (Å²) < 4.78 is 18.8. The number of rotatable bonds is 4. The molecule has 7 heteroatoms. The molecule has 2 aliphatic heterocycles. The molecule has 3 aliphatic rings. The highest BCUT2D eigenvalue weighted by Gasteiger charge is 2.39. The number of hydrogen-bond acceptors (Lipinski definition) is 3. The molecule has 0 radical (unpaired) electrons. The van der Waals surface area contributed by atoms with Gasteiger partial charge in [-0.3, -0.25) is 9.89 Å². The smallest absolute Gasteiger partial charge is 0.193 e. The topological polar surface area (TPSA) is 40.1 Å². The van der Waals surface area contributed by atoms with Crippen molar-refractivity contribution >= 4 is 29.9 Å². The lowest BCUT2D eigenvalue weighted by Gasteiger charge is -2.43. The van der Waals surface area contributed by atoms with Crippen LogP contribution < -0.4 is 5.32 Å². The summed E-state index contributed by atoms with van der Waals surface area (Å²) in [7, 11) is 1.87. The quantitative estimate of drug-likeness (QED) is 0.391. The molecule has 1 atom stereocenters. The van der Waals surface area contributed by atoms with Crippen molar-refractivity contribution in [3.8, 4) is 0 Å². The standard InChI is InChI=1S/C21H31FN4O.HI/c1-23-20(26-10-7-19(15-26)25-11-13-27-14-12-25)24-16-21(8-2-9-21)17-3-5-18(22)6-4-17;/h3-6,19H,2,7-16H2,1H3,(H,23,24);1H. The fourth-order valence-electron chi connectivity index (χ4n) is 4.73. The molecule has 0 spiro atoms. The molecule has 4 rings (SSSR count). The van der Waals surface area contributed by atoms with Crippen LogP contribution in [-0.2, 0) is 10.2 Å². The maximum atomic E-state index is 13.3. The monoisotopic (exact) mass is 502 g/mol. The van der Waals surface area contributed by atoms with E-state index in [0.29, 0.717) is 6.04 Å². The van der Waals surface area contributed by atoms with Crippen LogP contribution in [0.3, 0.4) is 0 Å². The molecule has 1 unspecified atom stereocenters. The van der Waals surface area contributed by atoms with E-state index in [4.69, 9.17) is 4.74 Å². The fraction of sp³-hybridized carbons (Fsp3) is 0.667. The molecule has 156 valence electrons. The van der Waals surface area contributed by atoms with Gasteiger partial charge in [-0.1, -0.05) is 18.6 Å². The van der Waals surface area contributed by atoms with Crippen molar-refractivity contribution in [3.05, 3.63) is 35.6 Å². The lowest BCUT2D eigenvalue weighted by molar-refractivity contribution is 0.0194. The lowest BCUT2D eigenvalue weighted by Crippen LogP contribution is -2.50. The van der Waals surface area contributed by atoms with Gasteiger partial charge in [-0.05, 0) is 37.0 Å². The molecule has 28 heavy (non-hydrogen) atoms. The molecule has 0 bridgehead atoms. The molecule has 3 fully saturated rings.